The van der Waals surface area contributed by atoms with E-state index in [-0.39, 0.29) is 22.6 Å². The van der Waals surface area contributed by atoms with Gasteiger partial charge in [0.2, 0.25) is 0 Å². The number of hydrogen-bond donors (Lipinski definition) is 0. The third kappa shape index (κ3) is 2.25. The molecule has 0 spiro atoms. The topological polar surface area (TPSA) is 52.4 Å². The molecule has 5 heteroatoms. The second kappa shape index (κ2) is 4.93. The van der Waals surface area contributed by atoms with E-state index in [1.54, 1.807) is 12.1 Å². The minimum absolute atomic E-state index is 0.143. The van der Waals surface area contributed by atoms with Crippen LogP contribution in [-0.2, 0) is 4.74 Å². The van der Waals surface area contributed by atoms with Gasteiger partial charge in [-0.3, -0.25) is 10.1 Å². The van der Waals surface area contributed by atoms with Gasteiger partial charge < -0.3 is 4.74 Å². The Bertz CT molecular complexity index is 397. The number of rotatable bonds is 3. The molecular weight excluding hydrogens is 274 g/mol. The summed E-state index contributed by atoms with van der Waals surface area (Å²) in [4.78, 5) is 10.6. The molecule has 16 heavy (non-hydrogen) atoms. The summed E-state index contributed by atoms with van der Waals surface area (Å²) in [5, 5.41) is 11.7. The lowest BCUT2D eigenvalue weighted by Gasteiger charge is -2.08. The first-order valence-corrected chi connectivity index (χ1v) is 6.25. The van der Waals surface area contributed by atoms with Crippen molar-refractivity contribution in [2.75, 3.05) is 11.9 Å². The molecule has 1 aromatic rings. The quantitative estimate of drug-likeness (QED) is 0.487. The number of halogens is 1. The van der Waals surface area contributed by atoms with E-state index in [0.29, 0.717) is 6.61 Å². The van der Waals surface area contributed by atoms with Gasteiger partial charge in [0.15, 0.2) is 0 Å². The van der Waals surface area contributed by atoms with Gasteiger partial charge >= 0.3 is 0 Å². The lowest BCUT2D eigenvalue weighted by Crippen LogP contribution is -2.05. The Kier molecular flexibility index (Phi) is 3.56. The zero-order valence-electron chi connectivity index (χ0n) is 8.64. The monoisotopic (exact) mass is 285 g/mol. The molecule has 0 aliphatic carbocycles. The fourth-order valence-corrected chi connectivity index (χ4v) is 2.48. The molecule has 1 aromatic carbocycles. The van der Waals surface area contributed by atoms with E-state index in [9.17, 15) is 10.1 Å². The second-order valence-electron chi connectivity index (χ2n) is 3.86. The molecule has 0 saturated carbocycles. The highest BCUT2D eigenvalue weighted by Crippen LogP contribution is 2.34. The summed E-state index contributed by atoms with van der Waals surface area (Å²) < 4.78 is 5.53. The van der Waals surface area contributed by atoms with Crippen LogP contribution >= 0.6 is 15.9 Å². The first-order valence-electron chi connectivity index (χ1n) is 5.13. The van der Waals surface area contributed by atoms with Crippen molar-refractivity contribution < 1.29 is 9.66 Å². The van der Waals surface area contributed by atoms with Crippen LogP contribution in [0.1, 0.15) is 17.9 Å². The molecule has 0 amide bonds. The number of nitrogens with zero attached hydrogens (tertiary/aromatic N) is 1. The van der Waals surface area contributed by atoms with Crippen LogP contribution in [0.2, 0.25) is 0 Å². The molecule has 1 aliphatic rings. The summed E-state index contributed by atoms with van der Waals surface area (Å²) in [6, 6.07) is 6.91. The van der Waals surface area contributed by atoms with Gasteiger partial charge in [-0.1, -0.05) is 34.1 Å². The van der Waals surface area contributed by atoms with Gasteiger partial charge in [-0.2, -0.15) is 0 Å². The highest BCUT2D eigenvalue weighted by atomic mass is 79.9. The minimum atomic E-state index is -0.323. The third-order valence-electron chi connectivity index (χ3n) is 2.83. The Hall–Kier alpha value is -0.940. The average molecular weight is 286 g/mol. The van der Waals surface area contributed by atoms with Crippen molar-refractivity contribution >= 4 is 21.6 Å². The molecule has 86 valence electrons. The van der Waals surface area contributed by atoms with Crippen LogP contribution < -0.4 is 0 Å². The molecule has 0 unspecified atom stereocenters. The maximum absolute atomic E-state index is 10.9. The van der Waals surface area contributed by atoms with Crippen molar-refractivity contribution in [3.63, 3.8) is 0 Å². The van der Waals surface area contributed by atoms with Gasteiger partial charge in [0.25, 0.3) is 5.69 Å². The normalized spacial score (nSPS) is 24.6. The van der Waals surface area contributed by atoms with Gasteiger partial charge in [0.05, 0.1) is 17.6 Å². The maximum Gasteiger partial charge on any atom is 0.272 e. The predicted molar refractivity (Wildman–Crippen MR) is 64.0 cm³/mol. The first kappa shape index (κ1) is 11.5. The SMILES string of the molecule is O=[N+]([O-])c1ccccc1[C@@H]1CO[C@@H](CBr)C1. The van der Waals surface area contributed by atoms with Crippen LogP contribution in [0.25, 0.3) is 0 Å². The van der Waals surface area contributed by atoms with Crippen molar-refractivity contribution in [1.29, 1.82) is 0 Å². The van der Waals surface area contributed by atoms with Crippen LogP contribution in [0.5, 0.6) is 0 Å². The Morgan fingerprint density at radius 3 is 2.88 bits per heavy atom. The van der Waals surface area contributed by atoms with E-state index in [2.05, 4.69) is 15.9 Å². The van der Waals surface area contributed by atoms with Gasteiger partial charge in [-0.05, 0) is 6.42 Å². The van der Waals surface area contributed by atoms with Crippen molar-refractivity contribution in [3.05, 3.63) is 39.9 Å². The number of benzene rings is 1. The highest BCUT2D eigenvalue weighted by molar-refractivity contribution is 9.09. The van der Waals surface area contributed by atoms with Crippen LogP contribution in [0, 0.1) is 10.1 Å². The number of hydrogen-bond acceptors (Lipinski definition) is 3. The summed E-state index contributed by atoms with van der Waals surface area (Å²) in [5.41, 5.74) is 0.988. The number of ether oxygens (including phenoxy) is 1. The largest absolute Gasteiger partial charge is 0.377 e. The average Bonchev–Trinajstić information content (AvgIpc) is 2.77. The zero-order chi connectivity index (χ0) is 11.5. The fourth-order valence-electron chi connectivity index (χ4n) is 2.03. The Morgan fingerprint density at radius 2 is 2.25 bits per heavy atom. The summed E-state index contributed by atoms with van der Waals surface area (Å²) in [5.74, 6) is 0.143. The number of alkyl halides is 1. The molecule has 0 N–H and O–H groups in total. The smallest absolute Gasteiger partial charge is 0.272 e. The van der Waals surface area contributed by atoms with Gasteiger partial charge in [0, 0.05) is 22.9 Å². The van der Waals surface area contributed by atoms with E-state index in [0.717, 1.165) is 17.3 Å². The third-order valence-corrected chi connectivity index (χ3v) is 3.55. The standard InChI is InChI=1S/C11H12BrNO3/c12-6-9-5-8(7-16-9)10-3-1-2-4-11(10)13(14)15/h1-4,8-9H,5-7H2/t8-,9+/m0/s1. The highest BCUT2D eigenvalue weighted by Gasteiger charge is 2.30. The maximum atomic E-state index is 10.9. The number of nitro groups is 1. The Morgan fingerprint density at radius 1 is 1.50 bits per heavy atom. The lowest BCUT2D eigenvalue weighted by atomic mass is 9.95. The number of nitro benzene ring substituents is 1. The van der Waals surface area contributed by atoms with Crippen molar-refractivity contribution in [2.24, 2.45) is 0 Å². The van der Waals surface area contributed by atoms with E-state index in [1.807, 2.05) is 12.1 Å². The molecule has 0 radical (unpaired) electrons. The van der Waals surface area contributed by atoms with Crippen LogP contribution in [0.3, 0.4) is 0 Å². The van der Waals surface area contributed by atoms with Crippen molar-refractivity contribution in [3.8, 4) is 0 Å². The zero-order valence-corrected chi connectivity index (χ0v) is 10.2. The van der Waals surface area contributed by atoms with Gasteiger partial charge in [-0.25, -0.2) is 0 Å². The molecule has 1 aliphatic heterocycles. The molecule has 2 atom stereocenters. The molecule has 1 fully saturated rings. The molecule has 4 nitrogen and oxygen atoms in total. The molecule has 0 aromatic heterocycles. The molecule has 1 heterocycles. The summed E-state index contributed by atoms with van der Waals surface area (Å²) in [7, 11) is 0. The van der Waals surface area contributed by atoms with Gasteiger partial charge in [-0.15, -0.1) is 0 Å². The van der Waals surface area contributed by atoms with Crippen molar-refractivity contribution in [2.45, 2.75) is 18.4 Å². The molecule has 1 saturated heterocycles. The summed E-state index contributed by atoms with van der Waals surface area (Å²) in [6.07, 6.45) is 1.01. The Labute approximate surface area is 102 Å². The minimum Gasteiger partial charge on any atom is -0.377 e. The number of para-hydroxylation sites is 1. The summed E-state index contributed by atoms with van der Waals surface area (Å²) >= 11 is 3.36. The predicted octanol–water partition coefficient (Wildman–Crippen LogP) is 2.86. The van der Waals surface area contributed by atoms with Gasteiger partial charge in [0.1, 0.15) is 0 Å². The lowest BCUT2D eigenvalue weighted by molar-refractivity contribution is -0.385. The Balaban J connectivity index is 2.24. The molecule has 2 rings (SSSR count). The fraction of sp³-hybridized carbons (Fsp3) is 0.455. The van der Waals surface area contributed by atoms with Crippen LogP contribution in [0.15, 0.2) is 24.3 Å². The molecular formula is C11H12BrNO3. The van der Waals surface area contributed by atoms with E-state index < -0.39 is 0 Å². The van der Waals surface area contributed by atoms with E-state index in [1.165, 1.54) is 0 Å². The van der Waals surface area contributed by atoms with Crippen LogP contribution in [0.4, 0.5) is 5.69 Å². The second-order valence-corrected chi connectivity index (χ2v) is 4.51. The van der Waals surface area contributed by atoms with E-state index in [4.69, 9.17) is 4.74 Å². The molecule has 0 bridgehead atoms. The summed E-state index contributed by atoms with van der Waals surface area (Å²) in [6.45, 7) is 0.571. The van der Waals surface area contributed by atoms with Crippen molar-refractivity contribution in [1.82, 2.24) is 0 Å². The van der Waals surface area contributed by atoms with E-state index >= 15 is 0 Å². The van der Waals surface area contributed by atoms with Crippen LogP contribution in [-0.4, -0.2) is 23.0 Å². The first-order chi connectivity index (χ1) is 7.72.